The van der Waals surface area contributed by atoms with Crippen LogP contribution < -0.4 is 11.5 Å². The molecular formula is C12H15N3O4. The van der Waals surface area contributed by atoms with E-state index >= 15 is 0 Å². The Morgan fingerprint density at radius 1 is 1.37 bits per heavy atom. The van der Waals surface area contributed by atoms with Crippen LogP contribution in [0.25, 0.3) is 0 Å². The molecule has 102 valence electrons. The first kappa shape index (κ1) is 13.4. The molecule has 4 N–H and O–H groups in total. The van der Waals surface area contributed by atoms with Crippen molar-refractivity contribution in [3.63, 3.8) is 0 Å². The van der Waals surface area contributed by atoms with Crippen LogP contribution in [0, 0.1) is 10.1 Å². The second kappa shape index (κ2) is 5.33. The van der Waals surface area contributed by atoms with Crippen LogP contribution in [0.5, 0.6) is 0 Å². The van der Waals surface area contributed by atoms with E-state index in [2.05, 4.69) is 0 Å². The van der Waals surface area contributed by atoms with Crippen molar-refractivity contribution in [1.29, 1.82) is 0 Å². The lowest BCUT2D eigenvalue weighted by atomic mass is 10.2. The van der Waals surface area contributed by atoms with Crippen LogP contribution in [0.15, 0.2) is 24.3 Å². The summed E-state index contributed by atoms with van der Waals surface area (Å²) in [5.41, 5.74) is 11.5. The summed E-state index contributed by atoms with van der Waals surface area (Å²) in [5.74, 6) is -0.613. The van der Waals surface area contributed by atoms with Gasteiger partial charge in [-0.2, -0.15) is 0 Å². The summed E-state index contributed by atoms with van der Waals surface area (Å²) in [6.45, 7) is 0. The average Bonchev–Trinajstić information content (AvgIpc) is 2.68. The fourth-order valence-corrected chi connectivity index (χ4v) is 2.16. The number of rotatable bonds is 3. The van der Waals surface area contributed by atoms with Crippen LogP contribution in [0.1, 0.15) is 23.2 Å². The van der Waals surface area contributed by atoms with Gasteiger partial charge in [0, 0.05) is 30.6 Å². The lowest BCUT2D eigenvalue weighted by molar-refractivity contribution is -0.384. The summed E-state index contributed by atoms with van der Waals surface area (Å²) in [7, 11) is 0. The molecule has 19 heavy (non-hydrogen) atoms. The van der Waals surface area contributed by atoms with Crippen LogP contribution in [-0.2, 0) is 4.74 Å². The molecule has 2 rings (SSSR count). The van der Waals surface area contributed by atoms with E-state index in [1.165, 1.54) is 24.3 Å². The molecule has 0 saturated heterocycles. The highest BCUT2D eigenvalue weighted by Crippen LogP contribution is 2.22. The van der Waals surface area contributed by atoms with Crippen LogP contribution >= 0.6 is 0 Å². The van der Waals surface area contributed by atoms with E-state index < -0.39 is 17.0 Å². The van der Waals surface area contributed by atoms with Gasteiger partial charge >= 0.3 is 5.97 Å². The minimum Gasteiger partial charge on any atom is -0.457 e. The predicted molar refractivity (Wildman–Crippen MR) is 67.5 cm³/mol. The first-order valence-corrected chi connectivity index (χ1v) is 5.94. The maximum absolute atomic E-state index is 11.9. The molecule has 0 spiro atoms. The van der Waals surface area contributed by atoms with Gasteiger partial charge < -0.3 is 16.2 Å². The number of nitrogens with zero attached hydrogens (tertiary/aromatic N) is 1. The summed E-state index contributed by atoms with van der Waals surface area (Å²) >= 11 is 0. The Labute approximate surface area is 109 Å². The maximum Gasteiger partial charge on any atom is 0.338 e. The van der Waals surface area contributed by atoms with Crippen molar-refractivity contribution < 1.29 is 14.5 Å². The van der Waals surface area contributed by atoms with Crippen molar-refractivity contribution in [3.8, 4) is 0 Å². The van der Waals surface area contributed by atoms with Gasteiger partial charge in [-0.3, -0.25) is 10.1 Å². The molecule has 1 unspecified atom stereocenters. The van der Waals surface area contributed by atoms with Crippen molar-refractivity contribution in [2.45, 2.75) is 31.0 Å². The molecule has 0 amide bonds. The maximum atomic E-state index is 11.9. The van der Waals surface area contributed by atoms with Gasteiger partial charge in [0.1, 0.15) is 6.10 Å². The molecule has 0 aliphatic heterocycles. The van der Waals surface area contributed by atoms with Crippen LogP contribution in [0.2, 0.25) is 0 Å². The Bertz CT molecular complexity index is 506. The Morgan fingerprint density at radius 3 is 2.68 bits per heavy atom. The number of carbonyl (C=O) groups is 1. The molecule has 1 aromatic rings. The Hall–Kier alpha value is -1.99. The fourth-order valence-electron chi connectivity index (χ4n) is 2.16. The first-order chi connectivity index (χ1) is 8.97. The van der Waals surface area contributed by atoms with Crippen molar-refractivity contribution in [3.05, 3.63) is 39.9 Å². The molecule has 1 aliphatic rings. The van der Waals surface area contributed by atoms with Gasteiger partial charge in [0.25, 0.3) is 5.69 Å². The van der Waals surface area contributed by atoms with E-state index in [1.54, 1.807) is 0 Å². The monoisotopic (exact) mass is 265 g/mol. The standard InChI is InChI=1S/C12H15N3O4/c13-8-5-10(14)11(6-8)19-12(16)7-2-1-3-9(4-7)15(17)18/h1-4,8,10-11H,5-6,13-14H2/t8-,10+,11?/m1/s1. The lowest BCUT2D eigenvalue weighted by Crippen LogP contribution is -2.33. The number of carbonyl (C=O) groups excluding carboxylic acids is 1. The number of nitro benzene ring substituents is 1. The lowest BCUT2D eigenvalue weighted by Gasteiger charge is -2.16. The Morgan fingerprint density at radius 2 is 2.11 bits per heavy atom. The topological polar surface area (TPSA) is 121 Å². The summed E-state index contributed by atoms with van der Waals surface area (Å²) in [5, 5.41) is 10.6. The number of hydrogen-bond acceptors (Lipinski definition) is 6. The molecule has 0 heterocycles. The van der Waals surface area contributed by atoms with E-state index in [1.807, 2.05) is 0 Å². The SMILES string of the molecule is N[C@H]1CC(OC(=O)c2cccc([N+](=O)[O-])c2)[C@@H](N)C1. The summed E-state index contributed by atoms with van der Waals surface area (Å²) < 4.78 is 5.25. The van der Waals surface area contributed by atoms with E-state index in [0.717, 1.165) is 0 Å². The molecule has 3 atom stereocenters. The zero-order chi connectivity index (χ0) is 14.0. The van der Waals surface area contributed by atoms with E-state index in [0.29, 0.717) is 12.8 Å². The normalized spacial score (nSPS) is 26.1. The summed E-state index contributed by atoms with van der Waals surface area (Å²) in [6, 6.07) is 5.05. The molecule has 0 aromatic heterocycles. The van der Waals surface area contributed by atoms with Gasteiger partial charge in [0.05, 0.1) is 10.5 Å². The molecule has 0 bridgehead atoms. The molecule has 7 nitrogen and oxygen atoms in total. The first-order valence-electron chi connectivity index (χ1n) is 5.94. The van der Waals surface area contributed by atoms with Crippen LogP contribution in [0.3, 0.4) is 0 Å². The van der Waals surface area contributed by atoms with Gasteiger partial charge in [0.2, 0.25) is 0 Å². The minimum atomic E-state index is -0.613. The van der Waals surface area contributed by atoms with E-state index in [4.69, 9.17) is 16.2 Å². The highest BCUT2D eigenvalue weighted by atomic mass is 16.6. The molecule has 1 aliphatic carbocycles. The second-order valence-electron chi connectivity index (χ2n) is 4.65. The number of nitrogens with two attached hydrogens (primary N) is 2. The third-order valence-corrected chi connectivity index (χ3v) is 3.14. The van der Waals surface area contributed by atoms with Crippen LogP contribution in [-0.4, -0.2) is 29.1 Å². The minimum absolute atomic E-state index is 0.0714. The van der Waals surface area contributed by atoms with Gasteiger partial charge in [0.15, 0.2) is 0 Å². The molecule has 1 aromatic carbocycles. The van der Waals surface area contributed by atoms with Crippen LogP contribution in [0.4, 0.5) is 5.69 Å². The van der Waals surface area contributed by atoms with Gasteiger partial charge in [-0.1, -0.05) is 6.07 Å². The summed E-state index contributed by atoms with van der Waals surface area (Å²) in [6.07, 6.45) is 0.691. The Balaban J connectivity index is 2.08. The van der Waals surface area contributed by atoms with Gasteiger partial charge in [-0.25, -0.2) is 4.79 Å². The molecule has 1 fully saturated rings. The Kier molecular flexibility index (Phi) is 3.77. The molecule has 7 heteroatoms. The number of benzene rings is 1. The third-order valence-electron chi connectivity index (χ3n) is 3.14. The van der Waals surface area contributed by atoms with E-state index in [9.17, 15) is 14.9 Å². The summed E-state index contributed by atoms with van der Waals surface area (Å²) in [4.78, 5) is 22.0. The number of non-ortho nitro benzene ring substituents is 1. The number of hydrogen-bond donors (Lipinski definition) is 2. The molecule has 0 radical (unpaired) electrons. The largest absolute Gasteiger partial charge is 0.457 e. The quantitative estimate of drug-likeness (QED) is 0.468. The van der Waals surface area contributed by atoms with Crippen molar-refractivity contribution >= 4 is 11.7 Å². The number of nitro groups is 1. The van der Waals surface area contributed by atoms with Crippen molar-refractivity contribution in [1.82, 2.24) is 0 Å². The fraction of sp³-hybridized carbons (Fsp3) is 0.417. The van der Waals surface area contributed by atoms with Crippen molar-refractivity contribution in [2.75, 3.05) is 0 Å². The van der Waals surface area contributed by atoms with Crippen molar-refractivity contribution in [2.24, 2.45) is 11.5 Å². The zero-order valence-corrected chi connectivity index (χ0v) is 10.2. The number of ether oxygens (including phenoxy) is 1. The third kappa shape index (κ3) is 3.07. The highest BCUT2D eigenvalue weighted by molar-refractivity contribution is 5.90. The molecular weight excluding hydrogens is 250 g/mol. The average molecular weight is 265 g/mol. The highest BCUT2D eigenvalue weighted by Gasteiger charge is 2.33. The predicted octanol–water partition coefficient (Wildman–Crippen LogP) is 0.569. The second-order valence-corrected chi connectivity index (χ2v) is 4.65. The van der Waals surface area contributed by atoms with Gasteiger partial charge in [-0.05, 0) is 12.5 Å². The smallest absolute Gasteiger partial charge is 0.338 e. The zero-order valence-electron chi connectivity index (χ0n) is 10.2. The van der Waals surface area contributed by atoms with Gasteiger partial charge in [-0.15, -0.1) is 0 Å². The number of esters is 1. The molecule has 1 saturated carbocycles. The van der Waals surface area contributed by atoms with E-state index in [-0.39, 0.29) is 23.3 Å².